The Kier molecular flexibility index (Phi) is 4.77. The Morgan fingerprint density at radius 1 is 1.40 bits per heavy atom. The van der Waals surface area contributed by atoms with E-state index in [2.05, 4.69) is 5.32 Å². The first kappa shape index (κ1) is 12.7. The number of hydrogen-bond acceptors (Lipinski definition) is 4. The molecule has 0 aromatic rings. The normalized spacial score (nSPS) is 19.6. The molecule has 1 amide bonds. The third-order valence-electron chi connectivity index (χ3n) is 2.05. The van der Waals surface area contributed by atoms with Crippen LogP contribution < -0.4 is 5.32 Å². The van der Waals surface area contributed by atoms with Crippen LogP contribution in [0.25, 0.3) is 0 Å². The average molecular weight is 235 g/mol. The summed E-state index contributed by atoms with van der Waals surface area (Å²) in [6.45, 7) is 3.61. The van der Waals surface area contributed by atoms with Gasteiger partial charge in [0.1, 0.15) is 6.61 Å². The SMILES string of the molecule is CCOP(=O)(CC)OCC(=O)NC1CC1. The van der Waals surface area contributed by atoms with Crippen molar-refractivity contribution >= 4 is 13.5 Å². The molecule has 1 rings (SSSR count). The topological polar surface area (TPSA) is 64.6 Å². The smallest absolute Gasteiger partial charge is 0.330 e. The maximum atomic E-state index is 11.8. The average Bonchev–Trinajstić information content (AvgIpc) is 2.99. The molecule has 0 aliphatic heterocycles. The van der Waals surface area contributed by atoms with Crippen LogP contribution in [0.15, 0.2) is 0 Å². The Balaban J connectivity index is 2.25. The number of rotatable bonds is 7. The lowest BCUT2D eigenvalue weighted by atomic mass is 10.6. The highest BCUT2D eigenvalue weighted by atomic mass is 31.2. The van der Waals surface area contributed by atoms with Crippen LogP contribution in [0.4, 0.5) is 0 Å². The van der Waals surface area contributed by atoms with E-state index in [9.17, 15) is 9.36 Å². The van der Waals surface area contributed by atoms with Crippen LogP contribution in [0.5, 0.6) is 0 Å². The van der Waals surface area contributed by atoms with Gasteiger partial charge in [-0.25, -0.2) is 0 Å². The summed E-state index contributed by atoms with van der Waals surface area (Å²) >= 11 is 0. The van der Waals surface area contributed by atoms with Crippen molar-refractivity contribution in [3.8, 4) is 0 Å². The lowest BCUT2D eigenvalue weighted by Crippen LogP contribution is -2.29. The van der Waals surface area contributed by atoms with Gasteiger partial charge in [0.15, 0.2) is 0 Å². The maximum Gasteiger partial charge on any atom is 0.330 e. The third kappa shape index (κ3) is 4.78. The molecular formula is C9H18NO4P. The molecule has 1 unspecified atom stereocenters. The fraction of sp³-hybridized carbons (Fsp3) is 0.889. The van der Waals surface area contributed by atoms with Crippen LogP contribution in [0.2, 0.25) is 0 Å². The van der Waals surface area contributed by atoms with Crippen LogP contribution in [-0.4, -0.2) is 31.3 Å². The van der Waals surface area contributed by atoms with Crippen molar-refractivity contribution in [1.82, 2.24) is 5.32 Å². The predicted molar refractivity (Wildman–Crippen MR) is 56.9 cm³/mol. The summed E-state index contributed by atoms with van der Waals surface area (Å²) in [5, 5.41) is 2.75. The fourth-order valence-corrected chi connectivity index (χ4v) is 2.22. The molecule has 0 spiro atoms. The monoisotopic (exact) mass is 235 g/mol. The minimum Gasteiger partial charge on any atom is -0.351 e. The second kappa shape index (κ2) is 5.64. The Morgan fingerprint density at radius 2 is 2.07 bits per heavy atom. The van der Waals surface area contributed by atoms with E-state index in [4.69, 9.17) is 9.05 Å². The van der Waals surface area contributed by atoms with Crippen LogP contribution in [0.3, 0.4) is 0 Å². The van der Waals surface area contributed by atoms with E-state index in [1.165, 1.54) is 0 Å². The summed E-state index contributed by atoms with van der Waals surface area (Å²) in [5.41, 5.74) is 0. The Hall–Kier alpha value is -0.380. The molecule has 1 fully saturated rings. The van der Waals surface area contributed by atoms with Crippen molar-refractivity contribution in [2.24, 2.45) is 0 Å². The second-order valence-electron chi connectivity index (χ2n) is 3.46. The molecular weight excluding hydrogens is 217 g/mol. The summed E-state index contributed by atoms with van der Waals surface area (Å²) in [4.78, 5) is 11.2. The molecule has 0 bridgehead atoms. The summed E-state index contributed by atoms with van der Waals surface area (Å²) < 4.78 is 21.8. The second-order valence-corrected chi connectivity index (χ2v) is 5.83. The molecule has 1 saturated carbocycles. The number of carbonyl (C=O) groups excluding carboxylic acids is 1. The molecule has 0 radical (unpaired) electrons. The molecule has 1 N–H and O–H groups in total. The van der Waals surface area contributed by atoms with E-state index in [1.54, 1.807) is 13.8 Å². The number of carbonyl (C=O) groups is 1. The molecule has 15 heavy (non-hydrogen) atoms. The first-order valence-electron chi connectivity index (χ1n) is 5.27. The van der Waals surface area contributed by atoms with Gasteiger partial charge in [-0.3, -0.25) is 13.9 Å². The van der Waals surface area contributed by atoms with Crippen LogP contribution >= 0.6 is 7.60 Å². The Bertz CT molecular complexity index is 265. The van der Waals surface area contributed by atoms with Gasteiger partial charge in [0.2, 0.25) is 5.91 Å². The van der Waals surface area contributed by atoms with Gasteiger partial charge in [0.05, 0.1) is 6.61 Å². The Labute approximate surface area is 90.1 Å². The van der Waals surface area contributed by atoms with Crippen molar-refractivity contribution in [3.05, 3.63) is 0 Å². The molecule has 0 saturated heterocycles. The molecule has 88 valence electrons. The van der Waals surface area contributed by atoms with Crippen molar-refractivity contribution in [3.63, 3.8) is 0 Å². The zero-order valence-electron chi connectivity index (χ0n) is 9.19. The van der Waals surface area contributed by atoms with Gasteiger partial charge >= 0.3 is 7.60 Å². The van der Waals surface area contributed by atoms with Crippen molar-refractivity contribution in [1.29, 1.82) is 0 Å². The van der Waals surface area contributed by atoms with Gasteiger partial charge in [-0.05, 0) is 19.8 Å². The van der Waals surface area contributed by atoms with Crippen LogP contribution in [0.1, 0.15) is 26.7 Å². The summed E-state index contributed by atoms with van der Waals surface area (Å²) in [5.74, 6) is -0.217. The van der Waals surface area contributed by atoms with E-state index >= 15 is 0 Å². The fourth-order valence-electron chi connectivity index (χ4n) is 1.07. The molecule has 1 aliphatic rings. The minimum absolute atomic E-state index is 0.179. The quantitative estimate of drug-likeness (QED) is 0.679. The van der Waals surface area contributed by atoms with Crippen molar-refractivity contribution in [2.45, 2.75) is 32.7 Å². The van der Waals surface area contributed by atoms with E-state index < -0.39 is 7.60 Å². The molecule has 1 atom stereocenters. The molecule has 0 aromatic heterocycles. The Morgan fingerprint density at radius 3 is 2.53 bits per heavy atom. The molecule has 0 heterocycles. The lowest BCUT2D eigenvalue weighted by molar-refractivity contribution is -0.123. The number of hydrogen-bond donors (Lipinski definition) is 1. The van der Waals surface area contributed by atoms with Gasteiger partial charge in [-0.2, -0.15) is 0 Å². The highest BCUT2D eigenvalue weighted by Gasteiger charge is 2.26. The highest BCUT2D eigenvalue weighted by molar-refractivity contribution is 7.53. The van der Waals surface area contributed by atoms with Gasteiger partial charge in [0.25, 0.3) is 0 Å². The van der Waals surface area contributed by atoms with Crippen LogP contribution in [-0.2, 0) is 18.4 Å². The molecule has 0 aromatic carbocycles. The summed E-state index contributed by atoms with van der Waals surface area (Å²) in [6, 6.07) is 0.300. The van der Waals surface area contributed by atoms with Gasteiger partial charge in [-0.1, -0.05) is 6.92 Å². The summed E-state index contributed by atoms with van der Waals surface area (Å²) in [7, 11) is -3.04. The lowest BCUT2D eigenvalue weighted by Gasteiger charge is -2.15. The zero-order chi connectivity index (χ0) is 11.3. The van der Waals surface area contributed by atoms with Gasteiger partial charge < -0.3 is 9.84 Å². The third-order valence-corrected chi connectivity index (χ3v) is 4.00. The maximum absolute atomic E-state index is 11.8. The molecule has 5 nitrogen and oxygen atoms in total. The van der Waals surface area contributed by atoms with Gasteiger partial charge in [-0.15, -0.1) is 0 Å². The first-order chi connectivity index (χ1) is 7.09. The van der Waals surface area contributed by atoms with Crippen LogP contribution in [0, 0.1) is 0 Å². The van der Waals surface area contributed by atoms with E-state index in [1.807, 2.05) is 0 Å². The molecule has 1 aliphatic carbocycles. The van der Waals surface area contributed by atoms with E-state index in [0.29, 0.717) is 12.6 Å². The molecule has 6 heteroatoms. The minimum atomic E-state index is -3.04. The highest BCUT2D eigenvalue weighted by Crippen LogP contribution is 2.47. The number of amides is 1. The standard InChI is InChI=1S/C9H18NO4P/c1-3-13-15(12,4-2)14-7-9(11)10-8-5-6-8/h8H,3-7H2,1-2H3,(H,10,11). The predicted octanol–water partition coefficient (Wildman–Crippen LogP) is 1.53. The van der Waals surface area contributed by atoms with Gasteiger partial charge in [0, 0.05) is 12.2 Å². The van der Waals surface area contributed by atoms with E-state index in [-0.39, 0.29) is 18.7 Å². The largest absolute Gasteiger partial charge is 0.351 e. The summed E-state index contributed by atoms with van der Waals surface area (Å²) in [6.07, 6.45) is 2.35. The number of nitrogens with one attached hydrogen (secondary N) is 1. The van der Waals surface area contributed by atoms with Crippen molar-refractivity contribution in [2.75, 3.05) is 19.4 Å². The van der Waals surface area contributed by atoms with E-state index in [0.717, 1.165) is 12.8 Å². The van der Waals surface area contributed by atoms with Crippen molar-refractivity contribution < 1.29 is 18.4 Å². The first-order valence-corrected chi connectivity index (χ1v) is 7.00. The zero-order valence-corrected chi connectivity index (χ0v) is 10.1.